The second kappa shape index (κ2) is 5.75. The molecule has 0 aromatic carbocycles. The number of rotatable bonds is 3. The zero-order valence-electron chi connectivity index (χ0n) is 9.62. The van der Waals surface area contributed by atoms with Gasteiger partial charge in [-0.2, -0.15) is 0 Å². The average molecular weight is 304 g/mol. The molecule has 1 fully saturated rings. The van der Waals surface area contributed by atoms with Crippen molar-refractivity contribution in [2.24, 2.45) is 0 Å². The molecule has 1 saturated heterocycles. The summed E-state index contributed by atoms with van der Waals surface area (Å²) in [6.45, 7) is 3.08. The van der Waals surface area contributed by atoms with E-state index in [1.807, 2.05) is 7.05 Å². The van der Waals surface area contributed by atoms with E-state index in [9.17, 15) is 4.39 Å². The summed E-state index contributed by atoms with van der Waals surface area (Å²) in [5.74, 6) is -0.0893. The van der Waals surface area contributed by atoms with Gasteiger partial charge in [0.2, 0.25) is 0 Å². The van der Waals surface area contributed by atoms with Crippen LogP contribution in [0.3, 0.4) is 0 Å². The second-order valence-electron chi connectivity index (χ2n) is 4.12. The smallest absolute Gasteiger partial charge is 0.166 e. The summed E-state index contributed by atoms with van der Waals surface area (Å²) >= 11 is 3.17. The van der Waals surface area contributed by atoms with Crippen LogP contribution in [-0.2, 0) is 4.74 Å². The molecule has 1 N–H and O–H groups in total. The fraction of sp³-hybridized carbons (Fsp3) is 0.545. The third-order valence-electron chi connectivity index (χ3n) is 2.65. The monoisotopic (exact) mass is 303 g/mol. The van der Waals surface area contributed by atoms with Crippen molar-refractivity contribution in [3.63, 3.8) is 0 Å². The van der Waals surface area contributed by atoms with E-state index in [4.69, 9.17) is 4.74 Å². The molecule has 1 aromatic rings. The van der Waals surface area contributed by atoms with Crippen molar-refractivity contribution < 1.29 is 9.13 Å². The molecule has 94 valence electrons. The third kappa shape index (κ3) is 3.62. The van der Waals surface area contributed by atoms with Crippen molar-refractivity contribution in [1.82, 2.24) is 9.88 Å². The highest BCUT2D eigenvalue weighted by atomic mass is 79.9. The summed E-state index contributed by atoms with van der Waals surface area (Å²) < 4.78 is 19.7. The predicted molar refractivity (Wildman–Crippen MR) is 67.6 cm³/mol. The number of nitrogens with zero attached hydrogens (tertiary/aromatic N) is 2. The van der Waals surface area contributed by atoms with Crippen LogP contribution in [0.15, 0.2) is 16.7 Å². The molecular weight excluding hydrogens is 289 g/mol. The van der Waals surface area contributed by atoms with E-state index < -0.39 is 0 Å². The number of morpholine rings is 1. The summed E-state index contributed by atoms with van der Waals surface area (Å²) in [6, 6.07) is 1.39. The molecule has 2 heterocycles. The predicted octanol–water partition coefficient (Wildman–Crippen LogP) is 1.73. The number of halogens is 2. The second-order valence-corrected chi connectivity index (χ2v) is 5.04. The first-order valence-electron chi connectivity index (χ1n) is 5.50. The van der Waals surface area contributed by atoms with Crippen LogP contribution >= 0.6 is 15.9 Å². The lowest BCUT2D eigenvalue weighted by Gasteiger charge is -2.30. The minimum atomic E-state index is -0.358. The maximum Gasteiger partial charge on any atom is 0.166 e. The van der Waals surface area contributed by atoms with Gasteiger partial charge in [0.25, 0.3) is 0 Å². The van der Waals surface area contributed by atoms with Gasteiger partial charge in [-0.3, -0.25) is 0 Å². The third-order valence-corrected chi connectivity index (χ3v) is 3.08. The molecule has 4 nitrogen and oxygen atoms in total. The molecule has 1 aliphatic rings. The molecule has 0 spiro atoms. The number of aromatic nitrogens is 1. The van der Waals surface area contributed by atoms with Crippen molar-refractivity contribution in [2.45, 2.75) is 6.10 Å². The minimum Gasteiger partial charge on any atom is -0.374 e. The fourth-order valence-electron chi connectivity index (χ4n) is 1.75. The Morgan fingerprint density at radius 3 is 3.24 bits per heavy atom. The number of ether oxygens (including phenoxy) is 1. The molecule has 1 aromatic heterocycles. The minimum absolute atomic E-state index is 0.0820. The number of pyridine rings is 1. The number of nitrogens with one attached hydrogen (secondary N) is 1. The molecule has 1 atom stereocenters. The Bertz CT molecular complexity index is 391. The summed E-state index contributed by atoms with van der Waals surface area (Å²) in [5, 5.41) is 2.97. The van der Waals surface area contributed by atoms with Gasteiger partial charge in [0.05, 0.1) is 12.7 Å². The highest BCUT2D eigenvalue weighted by Gasteiger charge is 2.17. The first-order valence-corrected chi connectivity index (χ1v) is 6.29. The van der Waals surface area contributed by atoms with E-state index in [0.29, 0.717) is 11.0 Å². The molecule has 6 heteroatoms. The van der Waals surface area contributed by atoms with Crippen molar-refractivity contribution in [3.8, 4) is 0 Å². The van der Waals surface area contributed by atoms with Crippen molar-refractivity contribution >= 4 is 21.7 Å². The molecule has 0 radical (unpaired) electrons. The highest BCUT2D eigenvalue weighted by molar-refractivity contribution is 9.10. The van der Waals surface area contributed by atoms with Crippen LogP contribution in [0.25, 0.3) is 0 Å². The van der Waals surface area contributed by atoms with E-state index in [1.165, 1.54) is 6.07 Å². The summed E-state index contributed by atoms with van der Waals surface area (Å²) in [4.78, 5) is 6.17. The Hall–Kier alpha value is -0.720. The van der Waals surface area contributed by atoms with E-state index >= 15 is 0 Å². The quantitative estimate of drug-likeness (QED) is 0.923. The standard InChI is InChI=1S/C11H15BrFN3O/c1-16-2-3-17-9(7-16)6-15-11-10(13)4-8(12)5-14-11/h4-5,9H,2-3,6-7H2,1H3,(H,14,15). The highest BCUT2D eigenvalue weighted by Crippen LogP contribution is 2.16. The Morgan fingerprint density at radius 2 is 2.53 bits per heavy atom. The lowest BCUT2D eigenvalue weighted by Crippen LogP contribution is -2.43. The Morgan fingerprint density at radius 1 is 1.71 bits per heavy atom. The Labute approximate surface area is 108 Å². The fourth-order valence-corrected chi connectivity index (χ4v) is 2.05. The van der Waals surface area contributed by atoms with E-state index in [2.05, 4.69) is 31.1 Å². The van der Waals surface area contributed by atoms with Gasteiger partial charge < -0.3 is 15.0 Å². The van der Waals surface area contributed by atoms with Gasteiger partial charge in [-0.15, -0.1) is 0 Å². The van der Waals surface area contributed by atoms with E-state index in [1.54, 1.807) is 6.20 Å². The molecule has 1 unspecified atom stereocenters. The molecule has 0 amide bonds. The maximum absolute atomic E-state index is 13.5. The molecule has 17 heavy (non-hydrogen) atoms. The molecule has 0 bridgehead atoms. The normalized spacial score (nSPS) is 21.5. The van der Waals surface area contributed by atoms with Crippen molar-refractivity contribution in [2.75, 3.05) is 38.6 Å². The van der Waals surface area contributed by atoms with Gasteiger partial charge in [-0.1, -0.05) is 0 Å². The van der Waals surface area contributed by atoms with Gasteiger partial charge >= 0.3 is 0 Å². The largest absolute Gasteiger partial charge is 0.374 e. The molecule has 1 aliphatic heterocycles. The van der Waals surface area contributed by atoms with Crippen molar-refractivity contribution in [3.05, 3.63) is 22.6 Å². The van der Waals surface area contributed by atoms with Gasteiger partial charge in [0.15, 0.2) is 11.6 Å². The first-order chi connectivity index (χ1) is 8.15. The van der Waals surface area contributed by atoms with Gasteiger partial charge in [-0.05, 0) is 29.0 Å². The zero-order valence-corrected chi connectivity index (χ0v) is 11.2. The average Bonchev–Trinajstić information content (AvgIpc) is 2.28. The number of hydrogen-bond acceptors (Lipinski definition) is 4. The Balaban J connectivity index is 1.88. The maximum atomic E-state index is 13.5. The molecular formula is C11H15BrFN3O. The summed E-state index contributed by atoms with van der Waals surface area (Å²) in [5.41, 5.74) is 0. The van der Waals surface area contributed by atoms with Crippen LogP contribution in [0.2, 0.25) is 0 Å². The van der Waals surface area contributed by atoms with Crippen LogP contribution < -0.4 is 5.32 Å². The van der Waals surface area contributed by atoms with Gasteiger partial charge in [0, 0.05) is 30.3 Å². The van der Waals surface area contributed by atoms with E-state index in [0.717, 1.165) is 19.7 Å². The van der Waals surface area contributed by atoms with Crippen LogP contribution in [0.5, 0.6) is 0 Å². The number of anilines is 1. The van der Waals surface area contributed by atoms with Crippen LogP contribution in [0.1, 0.15) is 0 Å². The zero-order chi connectivity index (χ0) is 12.3. The molecule has 0 aliphatic carbocycles. The lowest BCUT2D eigenvalue weighted by molar-refractivity contribution is -0.0117. The summed E-state index contributed by atoms with van der Waals surface area (Å²) in [6.07, 6.45) is 1.65. The van der Waals surface area contributed by atoms with E-state index in [-0.39, 0.29) is 17.7 Å². The van der Waals surface area contributed by atoms with Crippen LogP contribution in [0, 0.1) is 5.82 Å². The van der Waals surface area contributed by atoms with Crippen LogP contribution in [0.4, 0.5) is 10.2 Å². The summed E-state index contributed by atoms with van der Waals surface area (Å²) in [7, 11) is 2.05. The SMILES string of the molecule is CN1CCOC(CNc2ncc(Br)cc2F)C1. The number of hydrogen-bond donors (Lipinski definition) is 1. The molecule has 2 rings (SSSR count). The van der Waals surface area contributed by atoms with Crippen LogP contribution in [-0.4, -0.2) is 49.3 Å². The first kappa shape index (κ1) is 12.7. The molecule has 0 saturated carbocycles. The number of likely N-dealkylation sites (N-methyl/N-ethyl adjacent to an activating group) is 1. The van der Waals surface area contributed by atoms with Gasteiger partial charge in [0.1, 0.15) is 0 Å². The lowest BCUT2D eigenvalue weighted by atomic mass is 10.3. The Kier molecular flexibility index (Phi) is 4.31. The van der Waals surface area contributed by atoms with Crippen molar-refractivity contribution in [1.29, 1.82) is 0 Å². The topological polar surface area (TPSA) is 37.4 Å². The van der Waals surface area contributed by atoms with Gasteiger partial charge in [-0.25, -0.2) is 9.37 Å².